The predicted octanol–water partition coefficient (Wildman–Crippen LogP) is 12.4. The maximum Gasteiger partial charge on any atom is 0.342 e. The maximum atomic E-state index is 15.1. The highest BCUT2D eigenvalue weighted by Crippen LogP contribution is 2.52. The van der Waals surface area contributed by atoms with Crippen LogP contribution in [-0.2, 0) is 63.3 Å². The van der Waals surface area contributed by atoms with Crippen LogP contribution in [0.1, 0.15) is 66.0 Å². The molecule has 0 radical (unpaired) electrons. The molecule has 2 saturated heterocycles. The Kier molecular flexibility index (Phi) is 18.5. The minimum absolute atomic E-state index is 0.00239. The number of benzene rings is 9. The normalized spacial score (nSPS) is 18.1. The summed E-state index contributed by atoms with van der Waals surface area (Å²) in [5.74, 6) is -2.02. The van der Waals surface area contributed by atoms with E-state index in [0.717, 1.165) is 33.4 Å². The number of hydrogen-bond acceptors (Lipinski definition) is 15. The van der Waals surface area contributed by atoms with E-state index in [2.05, 4.69) is 0 Å². The number of ether oxygens (including phenoxy) is 11. The highest BCUT2D eigenvalue weighted by Gasteiger charge is 2.50. The maximum absolute atomic E-state index is 15.1. The van der Waals surface area contributed by atoms with Crippen molar-refractivity contribution >= 4 is 11.9 Å². The Morgan fingerprint density at radius 3 is 1.33 bits per heavy atom. The minimum Gasteiger partial charge on any atom is -0.485 e. The molecule has 0 amide bonds. The van der Waals surface area contributed by atoms with Gasteiger partial charge in [0.2, 0.25) is 23.5 Å². The Bertz CT molecular complexity index is 3560. The van der Waals surface area contributed by atoms with Gasteiger partial charge >= 0.3 is 11.9 Å². The molecule has 0 bridgehead atoms. The monoisotopic (exact) mass is 1130 g/mol. The first-order chi connectivity index (χ1) is 41.3. The lowest BCUT2D eigenvalue weighted by molar-refractivity contribution is -0.353. The fourth-order valence-corrected chi connectivity index (χ4v) is 9.45. The van der Waals surface area contributed by atoms with E-state index >= 15 is 4.79 Å². The zero-order valence-electron chi connectivity index (χ0n) is 45.6. The second-order valence-corrected chi connectivity index (χ2v) is 19.9. The van der Waals surface area contributed by atoms with E-state index in [1.165, 1.54) is 18.2 Å². The Morgan fingerprint density at radius 2 is 0.833 bits per heavy atom. The highest BCUT2D eigenvalue weighted by molar-refractivity contribution is 5.96. The lowest BCUT2D eigenvalue weighted by Crippen LogP contribution is -2.62. The Hall–Kier alpha value is -9.48. The van der Waals surface area contributed by atoms with Crippen molar-refractivity contribution in [1.82, 2.24) is 0 Å². The van der Waals surface area contributed by atoms with E-state index in [4.69, 9.17) is 52.1 Å². The summed E-state index contributed by atoms with van der Waals surface area (Å²) in [6.07, 6.45) is -7.82. The van der Waals surface area contributed by atoms with Crippen molar-refractivity contribution < 1.29 is 71.9 Å². The van der Waals surface area contributed by atoms with Crippen molar-refractivity contribution in [3.63, 3.8) is 0 Å². The molecule has 15 heteroatoms. The first-order valence-corrected chi connectivity index (χ1v) is 27.5. The van der Waals surface area contributed by atoms with E-state index in [-0.39, 0.29) is 97.6 Å². The molecule has 2 heterocycles. The summed E-state index contributed by atoms with van der Waals surface area (Å²) in [4.78, 5) is 29.9. The fourth-order valence-electron chi connectivity index (χ4n) is 9.45. The number of rotatable bonds is 23. The number of hydrogen-bond donors (Lipinski definition) is 2. The largest absolute Gasteiger partial charge is 0.485 e. The molecule has 9 aromatic rings. The van der Waals surface area contributed by atoms with Gasteiger partial charge in [0.25, 0.3) is 0 Å². The summed E-state index contributed by atoms with van der Waals surface area (Å²) in [7, 11) is 0. The lowest BCUT2D eigenvalue weighted by Gasteiger charge is -2.45. The molecule has 2 fully saturated rings. The van der Waals surface area contributed by atoms with Crippen LogP contribution in [0.3, 0.4) is 0 Å². The van der Waals surface area contributed by atoms with E-state index in [1.54, 1.807) is 0 Å². The number of aliphatic hydroxyl groups is 2. The second-order valence-electron chi connectivity index (χ2n) is 19.9. The number of carbonyl (C=O) groups excluding carboxylic acids is 2. The van der Waals surface area contributed by atoms with Gasteiger partial charge in [-0.2, -0.15) is 0 Å². The molecule has 1 unspecified atom stereocenters. The molecule has 0 aromatic heterocycles. The SMILES string of the molecule is O=C(O[C@@H]1O[C@@H]2COC(c3ccccc3)O[C@H]2[C@H](O)[C@H]1O)c1cc(OCc2ccccc2)c(OCc2ccccc2)c(Oc2c(C(=O)OCc3ccccc3)cc(OCc3ccccc3)c(OCc3ccccc3)c2OCc2ccccc2)c1. The third-order valence-corrected chi connectivity index (χ3v) is 13.8. The van der Waals surface area contributed by atoms with Crippen LogP contribution < -0.4 is 28.4 Å². The van der Waals surface area contributed by atoms with Crippen LogP contribution in [0.25, 0.3) is 0 Å². The van der Waals surface area contributed by atoms with Gasteiger partial charge in [0.15, 0.2) is 29.3 Å². The van der Waals surface area contributed by atoms with Crippen molar-refractivity contribution in [2.45, 2.75) is 76.6 Å². The van der Waals surface area contributed by atoms with Crippen molar-refractivity contribution in [1.29, 1.82) is 0 Å². The zero-order valence-corrected chi connectivity index (χ0v) is 45.6. The lowest BCUT2D eigenvalue weighted by atomic mass is 9.98. The smallest absolute Gasteiger partial charge is 0.342 e. The van der Waals surface area contributed by atoms with Gasteiger partial charge in [-0.15, -0.1) is 0 Å². The average molecular weight is 1130 g/mol. The predicted molar refractivity (Wildman–Crippen MR) is 308 cm³/mol. The summed E-state index contributed by atoms with van der Waals surface area (Å²) < 4.78 is 71.0. The molecule has 2 N–H and O–H groups in total. The van der Waals surface area contributed by atoms with Gasteiger partial charge in [-0.1, -0.05) is 212 Å². The van der Waals surface area contributed by atoms with Crippen molar-refractivity contribution in [2.24, 2.45) is 0 Å². The molecular formula is C69H60O15. The van der Waals surface area contributed by atoms with E-state index in [1.807, 2.05) is 212 Å². The summed E-state index contributed by atoms with van der Waals surface area (Å²) in [6, 6.07) is 69.9. The molecule has 426 valence electrons. The van der Waals surface area contributed by atoms with Crippen molar-refractivity contribution in [3.05, 3.63) is 281 Å². The van der Waals surface area contributed by atoms with Crippen LogP contribution in [0.5, 0.6) is 40.2 Å². The summed E-state index contributed by atoms with van der Waals surface area (Å²) in [5, 5.41) is 23.1. The molecule has 11 rings (SSSR count). The van der Waals surface area contributed by atoms with Crippen LogP contribution in [0.4, 0.5) is 0 Å². The fraction of sp³-hybridized carbons (Fsp3) is 0.188. The molecule has 2 aliphatic heterocycles. The van der Waals surface area contributed by atoms with Crippen LogP contribution in [0, 0.1) is 0 Å². The average Bonchev–Trinajstić information content (AvgIpc) is 3.70. The quantitative estimate of drug-likeness (QED) is 0.0578. The van der Waals surface area contributed by atoms with Crippen LogP contribution in [-0.4, -0.2) is 59.5 Å². The molecule has 0 spiro atoms. The Morgan fingerprint density at radius 1 is 0.417 bits per heavy atom. The van der Waals surface area contributed by atoms with E-state index in [0.29, 0.717) is 5.56 Å². The van der Waals surface area contributed by atoms with Gasteiger partial charge in [0.05, 0.1) is 12.2 Å². The van der Waals surface area contributed by atoms with Gasteiger partial charge < -0.3 is 62.3 Å². The van der Waals surface area contributed by atoms with E-state index in [9.17, 15) is 15.0 Å². The molecule has 9 aromatic carbocycles. The first kappa shape index (κ1) is 56.4. The van der Waals surface area contributed by atoms with Crippen molar-refractivity contribution in [2.75, 3.05) is 6.61 Å². The summed E-state index contributed by atoms with van der Waals surface area (Å²) in [5.41, 5.74) is 5.07. The van der Waals surface area contributed by atoms with Crippen molar-refractivity contribution in [3.8, 4) is 40.2 Å². The number of carbonyl (C=O) groups is 2. The molecular weight excluding hydrogens is 1070 g/mol. The third-order valence-electron chi connectivity index (χ3n) is 13.8. The second kappa shape index (κ2) is 27.5. The van der Waals surface area contributed by atoms with Crippen LogP contribution >= 0.6 is 0 Å². The summed E-state index contributed by atoms with van der Waals surface area (Å²) >= 11 is 0. The number of aliphatic hydroxyl groups excluding tert-OH is 2. The number of fused-ring (bicyclic) bond motifs is 1. The van der Waals surface area contributed by atoms with Crippen LogP contribution in [0.15, 0.2) is 231 Å². The first-order valence-electron chi connectivity index (χ1n) is 27.5. The molecule has 15 nitrogen and oxygen atoms in total. The van der Waals surface area contributed by atoms with Gasteiger partial charge in [-0.05, 0) is 45.5 Å². The molecule has 2 aliphatic rings. The molecule has 0 saturated carbocycles. The summed E-state index contributed by atoms with van der Waals surface area (Å²) in [6.45, 7) is -0.136. The van der Waals surface area contributed by atoms with Gasteiger partial charge in [-0.25, -0.2) is 9.59 Å². The minimum atomic E-state index is -1.76. The van der Waals surface area contributed by atoms with Gasteiger partial charge in [0.1, 0.15) is 69.6 Å². The topological polar surface area (TPSA) is 176 Å². The standard InChI is InChI=1S/C69H60O15/c70-59-60(71)69(82-58-45-80-68(83-63(58)59)52-34-20-7-21-35-52)84-66(72)53-36-55(74-39-46-22-8-1-9-23-46)62(76-41-48-26-12-3-13-27-48)57(37-53)81-61-54(67(73)79-44-51-32-18-6-19-33-51)38-56(75-40-47-24-10-2-11-25-47)64(77-42-49-28-14-4-15-29-49)65(61)78-43-50-30-16-5-17-31-50/h1-38,58-60,63,68-71H,39-45H2/t58-,59-,60-,63-,68?,69+/m1/s1. The molecule has 6 atom stereocenters. The van der Waals surface area contributed by atoms with Crippen LogP contribution in [0.2, 0.25) is 0 Å². The Balaban J connectivity index is 1.04. The van der Waals surface area contributed by atoms with Gasteiger partial charge in [0, 0.05) is 11.6 Å². The van der Waals surface area contributed by atoms with Gasteiger partial charge in [-0.3, -0.25) is 0 Å². The molecule has 84 heavy (non-hydrogen) atoms. The highest BCUT2D eigenvalue weighted by atomic mass is 16.8. The molecule has 0 aliphatic carbocycles. The Labute approximate surface area is 486 Å². The third kappa shape index (κ3) is 14.2. The number of esters is 2. The van der Waals surface area contributed by atoms with E-state index < -0.39 is 48.9 Å². The zero-order chi connectivity index (χ0) is 57.5.